The molecule has 0 N–H and O–H groups in total. The molecule has 2 aliphatic rings. The van der Waals surface area contributed by atoms with E-state index in [0.717, 1.165) is 43.9 Å². The van der Waals surface area contributed by atoms with E-state index >= 15 is 0 Å². The van der Waals surface area contributed by atoms with Crippen molar-refractivity contribution in [1.29, 1.82) is 0 Å². The number of hydrogen-bond donors (Lipinski definition) is 0. The first kappa shape index (κ1) is 24.9. The molecule has 1 aliphatic carbocycles. The van der Waals surface area contributed by atoms with Gasteiger partial charge in [-0.2, -0.15) is 8.78 Å². The number of rotatable bonds is 7. The Bertz CT molecular complexity index is 980. The second-order valence-corrected chi connectivity index (χ2v) is 9.33. The van der Waals surface area contributed by atoms with Crippen molar-refractivity contribution in [3.05, 3.63) is 53.6 Å². The van der Waals surface area contributed by atoms with Gasteiger partial charge in [-0.1, -0.05) is 13.3 Å². The molecule has 4 rings (SSSR count). The number of hydrogen-bond acceptors (Lipinski definition) is 2. The van der Waals surface area contributed by atoms with Gasteiger partial charge in [-0.25, -0.2) is 17.6 Å². The van der Waals surface area contributed by atoms with Gasteiger partial charge < -0.3 is 9.47 Å². The van der Waals surface area contributed by atoms with Crippen LogP contribution in [0.3, 0.4) is 0 Å². The molecular formula is C26H28F6O2. The molecule has 0 amide bonds. The molecule has 0 aromatic heterocycles. The Kier molecular flexibility index (Phi) is 7.45. The highest BCUT2D eigenvalue weighted by Crippen LogP contribution is 2.43. The summed E-state index contributed by atoms with van der Waals surface area (Å²) in [6, 6.07) is 4.21. The Morgan fingerprint density at radius 1 is 0.882 bits per heavy atom. The van der Waals surface area contributed by atoms with Crippen LogP contribution in [0.4, 0.5) is 26.3 Å². The van der Waals surface area contributed by atoms with Crippen LogP contribution in [-0.4, -0.2) is 18.3 Å². The molecule has 2 unspecified atom stereocenters. The number of alkyl halides is 2. The van der Waals surface area contributed by atoms with Gasteiger partial charge in [0.05, 0.1) is 18.1 Å². The second kappa shape index (κ2) is 10.2. The maximum atomic E-state index is 14.9. The SMILES string of the molecule is CCCC1CCC(C2CCC(C(F)(F)Oc3ccc(-c4cc(F)c(F)c(F)c4)c(F)c3)CC2)O1. The highest BCUT2D eigenvalue weighted by molar-refractivity contribution is 5.65. The van der Waals surface area contributed by atoms with E-state index < -0.39 is 41.0 Å². The van der Waals surface area contributed by atoms with Gasteiger partial charge in [0, 0.05) is 11.6 Å². The van der Waals surface area contributed by atoms with Gasteiger partial charge in [-0.3, -0.25) is 0 Å². The summed E-state index contributed by atoms with van der Waals surface area (Å²) < 4.78 is 95.4. The first-order chi connectivity index (χ1) is 16.2. The van der Waals surface area contributed by atoms with E-state index in [2.05, 4.69) is 6.92 Å². The minimum atomic E-state index is -3.49. The Hall–Kier alpha value is -2.22. The second-order valence-electron chi connectivity index (χ2n) is 9.33. The monoisotopic (exact) mass is 486 g/mol. The van der Waals surface area contributed by atoms with Crippen molar-refractivity contribution in [2.45, 2.75) is 76.6 Å². The summed E-state index contributed by atoms with van der Waals surface area (Å²) in [5, 5.41) is 0. The molecule has 1 saturated carbocycles. The van der Waals surface area contributed by atoms with Crippen LogP contribution in [-0.2, 0) is 4.74 Å². The van der Waals surface area contributed by atoms with Gasteiger partial charge in [0.15, 0.2) is 17.5 Å². The Morgan fingerprint density at radius 3 is 2.18 bits per heavy atom. The molecule has 34 heavy (non-hydrogen) atoms. The highest BCUT2D eigenvalue weighted by Gasteiger charge is 2.45. The van der Waals surface area contributed by atoms with Crippen LogP contribution in [0.15, 0.2) is 30.3 Å². The van der Waals surface area contributed by atoms with Crippen molar-refractivity contribution in [2.24, 2.45) is 11.8 Å². The van der Waals surface area contributed by atoms with Crippen molar-refractivity contribution in [3.8, 4) is 16.9 Å². The van der Waals surface area contributed by atoms with Crippen LogP contribution < -0.4 is 4.74 Å². The number of halogens is 6. The first-order valence-electron chi connectivity index (χ1n) is 11.8. The van der Waals surface area contributed by atoms with Crippen LogP contribution >= 0.6 is 0 Å². The molecule has 2 nitrogen and oxygen atoms in total. The third-order valence-corrected chi connectivity index (χ3v) is 7.01. The molecule has 1 saturated heterocycles. The molecule has 186 valence electrons. The summed E-state index contributed by atoms with van der Waals surface area (Å²) >= 11 is 0. The van der Waals surface area contributed by atoms with E-state index in [1.807, 2.05) is 0 Å². The topological polar surface area (TPSA) is 18.5 Å². The quantitative estimate of drug-likeness (QED) is 0.291. The van der Waals surface area contributed by atoms with Crippen molar-refractivity contribution in [3.63, 3.8) is 0 Å². The van der Waals surface area contributed by atoms with E-state index in [1.54, 1.807) is 0 Å². The maximum Gasteiger partial charge on any atom is 0.400 e. The predicted molar refractivity (Wildman–Crippen MR) is 116 cm³/mol. The summed E-state index contributed by atoms with van der Waals surface area (Å²) in [7, 11) is 0. The summed E-state index contributed by atoms with van der Waals surface area (Å²) in [6.07, 6.45) is 2.82. The van der Waals surface area contributed by atoms with Crippen molar-refractivity contribution in [2.75, 3.05) is 0 Å². The Balaban J connectivity index is 1.38. The lowest BCUT2D eigenvalue weighted by Crippen LogP contribution is -2.38. The van der Waals surface area contributed by atoms with Gasteiger partial charge in [0.2, 0.25) is 0 Å². The Labute approximate surface area is 195 Å². The van der Waals surface area contributed by atoms with E-state index in [1.165, 1.54) is 0 Å². The summed E-state index contributed by atoms with van der Waals surface area (Å²) in [5.74, 6) is -6.75. The van der Waals surface area contributed by atoms with Crippen LogP contribution in [0.25, 0.3) is 11.1 Å². The van der Waals surface area contributed by atoms with Gasteiger partial charge in [-0.15, -0.1) is 0 Å². The fraction of sp³-hybridized carbons (Fsp3) is 0.538. The third-order valence-electron chi connectivity index (χ3n) is 7.01. The largest absolute Gasteiger partial charge is 0.432 e. The average Bonchev–Trinajstić information content (AvgIpc) is 3.26. The molecule has 2 fully saturated rings. The lowest BCUT2D eigenvalue weighted by atomic mass is 9.78. The van der Waals surface area contributed by atoms with Crippen LogP contribution in [0.2, 0.25) is 0 Å². The van der Waals surface area contributed by atoms with Crippen molar-refractivity contribution >= 4 is 0 Å². The summed E-state index contributed by atoms with van der Waals surface area (Å²) in [4.78, 5) is 0. The molecule has 8 heteroatoms. The van der Waals surface area contributed by atoms with E-state index in [9.17, 15) is 26.3 Å². The third kappa shape index (κ3) is 5.37. The first-order valence-corrected chi connectivity index (χ1v) is 11.8. The molecule has 0 radical (unpaired) electrons. The fourth-order valence-electron chi connectivity index (χ4n) is 5.19. The Morgan fingerprint density at radius 2 is 1.56 bits per heavy atom. The minimum Gasteiger partial charge on any atom is -0.432 e. The maximum absolute atomic E-state index is 14.9. The normalized spacial score (nSPS) is 25.5. The number of benzene rings is 2. The molecule has 2 atom stereocenters. The zero-order valence-electron chi connectivity index (χ0n) is 18.9. The van der Waals surface area contributed by atoms with E-state index in [-0.39, 0.29) is 42.1 Å². The average molecular weight is 486 g/mol. The smallest absolute Gasteiger partial charge is 0.400 e. The fourth-order valence-corrected chi connectivity index (χ4v) is 5.19. The zero-order chi connectivity index (χ0) is 24.5. The van der Waals surface area contributed by atoms with E-state index in [4.69, 9.17) is 9.47 Å². The van der Waals surface area contributed by atoms with Gasteiger partial charge in [0.25, 0.3) is 0 Å². The molecule has 0 spiro atoms. The summed E-state index contributed by atoms with van der Waals surface area (Å²) in [6.45, 7) is 2.12. The van der Waals surface area contributed by atoms with Crippen molar-refractivity contribution < 1.29 is 35.8 Å². The molecule has 2 aromatic rings. The highest BCUT2D eigenvalue weighted by atomic mass is 19.3. The van der Waals surface area contributed by atoms with Crippen LogP contribution in [0.5, 0.6) is 5.75 Å². The molecule has 1 aliphatic heterocycles. The zero-order valence-corrected chi connectivity index (χ0v) is 18.9. The van der Waals surface area contributed by atoms with Crippen LogP contribution in [0.1, 0.15) is 58.3 Å². The molecule has 2 aromatic carbocycles. The van der Waals surface area contributed by atoms with Gasteiger partial charge in [0.1, 0.15) is 11.6 Å². The number of ether oxygens (including phenoxy) is 2. The van der Waals surface area contributed by atoms with E-state index in [0.29, 0.717) is 25.0 Å². The standard InChI is InChI=1S/C26H28F6O2/c1-2-3-18-9-11-24(33-18)15-4-6-17(7-5-15)26(31,32)34-19-8-10-20(21(27)14-19)16-12-22(28)25(30)23(29)13-16/h8,10,12-15,17-18,24H,2-7,9,11H2,1H3. The van der Waals surface area contributed by atoms with Crippen molar-refractivity contribution in [1.82, 2.24) is 0 Å². The van der Waals surface area contributed by atoms with Crippen LogP contribution in [0, 0.1) is 35.1 Å². The predicted octanol–water partition coefficient (Wildman–Crippen LogP) is 8.04. The summed E-state index contributed by atoms with van der Waals surface area (Å²) in [5.41, 5.74) is -0.507. The molecule has 0 bridgehead atoms. The molecular weight excluding hydrogens is 458 g/mol. The molecule has 1 heterocycles. The minimum absolute atomic E-state index is 0.134. The van der Waals surface area contributed by atoms with Gasteiger partial charge in [-0.05, 0) is 80.7 Å². The lowest BCUT2D eigenvalue weighted by Gasteiger charge is -2.35. The lowest BCUT2D eigenvalue weighted by molar-refractivity contribution is -0.225. The van der Waals surface area contributed by atoms with Gasteiger partial charge >= 0.3 is 6.11 Å².